The molecule has 1 aliphatic rings. The Balaban J connectivity index is 1.87. The van der Waals surface area contributed by atoms with E-state index in [-0.39, 0.29) is 5.69 Å². The molecule has 104 valence electrons. The molecule has 1 saturated heterocycles. The highest BCUT2D eigenvalue weighted by atomic mass is 16.5. The molecular formula is C12H13N5O3. The van der Waals surface area contributed by atoms with Gasteiger partial charge < -0.3 is 14.7 Å². The van der Waals surface area contributed by atoms with Gasteiger partial charge in [0, 0.05) is 25.4 Å². The van der Waals surface area contributed by atoms with Crippen LogP contribution < -0.4 is 4.90 Å². The van der Waals surface area contributed by atoms with Gasteiger partial charge in [-0.15, -0.1) is 0 Å². The van der Waals surface area contributed by atoms with Gasteiger partial charge in [-0.25, -0.2) is 19.4 Å². The van der Waals surface area contributed by atoms with Crippen molar-refractivity contribution in [3.8, 4) is 5.82 Å². The Morgan fingerprint density at radius 3 is 2.70 bits per heavy atom. The van der Waals surface area contributed by atoms with Crippen LogP contribution in [0, 0.1) is 0 Å². The third kappa shape index (κ3) is 2.45. The maximum absolute atomic E-state index is 10.8. The number of carboxylic acids is 1. The normalized spacial score (nSPS) is 15.3. The highest BCUT2D eigenvalue weighted by molar-refractivity contribution is 5.85. The van der Waals surface area contributed by atoms with Crippen LogP contribution in [0.15, 0.2) is 24.7 Å². The standard InChI is InChI=1S/C12H13N5O3/c18-12(19)9-1-2-17(15-9)11-7-10(13-8-14-11)16-3-5-20-6-4-16/h1-2,7-8H,3-6H2,(H,18,19). The summed E-state index contributed by atoms with van der Waals surface area (Å²) in [5, 5.41) is 12.8. The lowest BCUT2D eigenvalue weighted by Gasteiger charge is -2.27. The number of aromatic carboxylic acids is 1. The van der Waals surface area contributed by atoms with Crippen LogP contribution in [0.5, 0.6) is 0 Å². The molecule has 2 aromatic rings. The molecule has 0 amide bonds. The number of hydrogen-bond donors (Lipinski definition) is 1. The number of hydrogen-bond acceptors (Lipinski definition) is 6. The van der Waals surface area contributed by atoms with E-state index in [4.69, 9.17) is 9.84 Å². The van der Waals surface area contributed by atoms with E-state index in [2.05, 4.69) is 20.0 Å². The Kier molecular flexibility index (Phi) is 3.30. The Morgan fingerprint density at radius 2 is 2.00 bits per heavy atom. The van der Waals surface area contributed by atoms with Crippen LogP contribution in [0.2, 0.25) is 0 Å². The fraction of sp³-hybridized carbons (Fsp3) is 0.333. The van der Waals surface area contributed by atoms with Crippen molar-refractivity contribution in [2.75, 3.05) is 31.2 Å². The van der Waals surface area contributed by atoms with Crippen molar-refractivity contribution in [1.82, 2.24) is 19.7 Å². The molecule has 1 aliphatic heterocycles. The Hall–Kier alpha value is -2.48. The minimum Gasteiger partial charge on any atom is -0.476 e. The summed E-state index contributed by atoms with van der Waals surface area (Å²) in [4.78, 5) is 21.3. The van der Waals surface area contributed by atoms with Crippen molar-refractivity contribution >= 4 is 11.8 Å². The summed E-state index contributed by atoms with van der Waals surface area (Å²) in [6, 6.07) is 3.21. The third-order valence-electron chi connectivity index (χ3n) is 3.02. The molecule has 0 aliphatic carbocycles. The molecule has 8 nitrogen and oxygen atoms in total. The largest absolute Gasteiger partial charge is 0.476 e. The molecule has 0 radical (unpaired) electrons. The average molecular weight is 275 g/mol. The summed E-state index contributed by atoms with van der Waals surface area (Å²) in [5.41, 5.74) is -0.0171. The monoisotopic (exact) mass is 275 g/mol. The van der Waals surface area contributed by atoms with E-state index in [9.17, 15) is 4.79 Å². The maximum Gasteiger partial charge on any atom is 0.356 e. The maximum atomic E-state index is 10.8. The van der Waals surface area contributed by atoms with E-state index in [0.29, 0.717) is 19.0 Å². The summed E-state index contributed by atoms with van der Waals surface area (Å²) in [7, 11) is 0. The molecule has 3 heterocycles. The minimum atomic E-state index is -1.06. The fourth-order valence-corrected chi connectivity index (χ4v) is 1.99. The molecule has 0 spiro atoms. The smallest absolute Gasteiger partial charge is 0.356 e. The van der Waals surface area contributed by atoms with Gasteiger partial charge in [0.05, 0.1) is 13.2 Å². The van der Waals surface area contributed by atoms with Gasteiger partial charge in [-0.2, -0.15) is 5.10 Å². The van der Waals surface area contributed by atoms with Gasteiger partial charge in [0.25, 0.3) is 0 Å². The van der Waals surface area contributed by atoms with Gasteiger partial charge in [0.2, 0.25) is 0 Å². The van der Waals surface area contributed by atoms with Crippen molar-refractivity contribution in [3.05, 3.63) is 30.4 Å². The van der Waals surface area contributed by atoms with Crippen molar-refractivity contribution in [2.24, 2.45) is 0 Å². The van der Waals surface area contributed by atoms with Crippen molar-refractivity contribution in [2.45, 2.75) is 0 Å². The van der Waals surface area contributed by atoms with E-state index >= 15 is 0 Å². The first kappa shape index (κ1) is 12.5. The molecule has 0 atom stereocenters. The first-order chi connectivity index (χ1) is 9.74. The number of ether oxygens (including phenoxy) is 1. The highest BCUT2D eigenvalue weighted by Crippen LogP contribution is 2.15. The van der Waals surface area contributed by atoms with Crippen LogP contribution in [0.1, 0.15) is 10.5 Å². The van der Waals surface area contributed by atoms with Crippen LogP contribution in [-0.2, 0) is 4.74 Å². The number of anilines is 1. The summed E-state index contributed by atoms with van der Waals surface area (Å²) < 4.78 is 6.72. The Bertz CT molecular complexity index is 621. The number of morpholine rings is 1. The highest BCUT2D eigenvalue weighted by Gasteiger charge is 2.14. The number of carboxylic acid groups (broad SMARTS) is 1. The molecule has 3 rings (SSSR count). The minimum absolute atomic E-state index is 0.0171. The van der Waals surface area contributed by atoms with E-state index in [0.717, 1.165) is 18.9 Å². The van der Waals surface area contributed by atoms with Crippen LogP contribution >= 0.6 is 0 Å². The predicted octanol–water partition coefficient (Wildman–Crippen LogP) is 0.197. The quantitative estimate of drug-likeness (QED) is 0.855. The van der Waals surface area contributed by atoms with Crippen LogP contribution in [-0.4, -0.2) is 57.1 Å². The predicted molar refractivity (Wildman–Crippen MR) is 69.1 cm³/mol. The second kappa shape index (κ2) is 5.25. The van der Waals surface area contributed by atoms with Gasteiger partial charge in [0.15, 0.2) is 11.5 Å². The molecule has 0 bridgehead atoms. The van der Waals surface area contributed by atoms with Crippen LogP contribution in [0.4, 0.5) is 5.82 Å². The number of nitrogens with zero attached hydrogens (tertiary/aromatic N) is 5. The second-order valence-electron chi connectivity index (χ2n) is 4.28. The molecule has 0 unspecified atom stereocenters. The molecule has 1 fully saturated rings. The van der Waals surface area contributed by atoms with Crippen molar-refractivity contribution < 1.29 is 14.6 Å². The summed E-state index contributed by atoms with van der Waals surface area (Å²) in [6.07, 6.45) is 3.01. The molecule has 0 aromatic carbocycles. The summed E-state index contributed by atoms with van der Waals surface area (Å²) in [6.45, 7) is 2.89. The molecule has 1 N–H and O–H groups in total. The average Bonchev–Trinajstić information content (AvgIpc) is 2.98. The van der Waals surface area contributed by atoms with Crippen LogP contribution in [0.25, 0.3) is 5.82 Å². The van der Waals surface area contributed by atoms with Gasteiger partial charge in [0.1, 0.15) is 12.1 Å². The molecule has 0 saturated carbocycles. The van der Waals surface area contributed by atoms with Gasteiger partial charge in [-0.1, -0.05) is 0 Å². The summed E-state index contributed by atoms with van der Waals surface area (Å²) >= 11 is 0. The van der Waals surface area contributed by atoms with E-state index in [1.165, 1.54) is 17.1 Å². The van der Waals surface area contributed by atoms with Crippen LogP contribution in [0.3, 0.4) is 0 Å². The Morgan fingerprint density at radius 1 is 1.25 bits per heavy atom. The third-order valence-corrected chi connectivity index (χ3v) is 3.02. The molecule has 20 heavy (non-hydrogen) atoms. The van der Waals surface area contributed by atoms with Crippen molar-refractivity contribution in [3.63, 3.8) is 0 Å². The van der Waals surface area contributed by atoms with E-state index < -0.39 is 5.97 Å². The number of aromatic nitrogens is 4. The zero-order chi connectivity index (χ0) is 13.9. The van der Waals surface area contributed by atoms with Crippen molar-refractivity contribution in [1.29, 1.82) is 0 Å². The first-order valence-corrected chi connectivity index (χ1v) is 6.18. The fourth-order valence-electron chi connectivity index (χ4n) is 1.99. The topological polar surface area (TPSA) is 93.4 Å². The molecule has 2 aromatic heterocycles. The second-order valence-corrected chi connectivity index (χ2v) is 4.28. The lowest BCUT2D eigenvalue weighted by molar-refractivity contribution is 0.0690. The van der Waals surface area contributed by atoms with Gasteiger partial charge in [-0.3, -0.25) is 0 Å². The van der Waals surface area contributed by atoms with Gasteiger partial charge >= 0.3 is 5.97 Å². The van der Waals surface area contributed by atoms with E-state index in [1.807, 2.05) is 0 Å². The lowest BCUT2D eigenvalue weighted by Crippen LogP contribution is -2.36. The zero-order valence-electron chi connectivity index (χ0n) is 10.6. The first-order valence-electron chi connectivity index (χ1n) is 6.18. The molecular weight excluding hydrogens is 262 g/mol. The SMILES string of the molecule is O=C(O)c1ccn(-c2cc(N3CCOCC3)ncn2)n1. The lowest BCUT2D eigenvalue weighted by atomic mass is 10.4. The summed E-state index contributed by atoms with van der Waals surface area (Å²) in [5.74, 6) is 0.255. The Labute approximate surface area is 114 Å². The zero-order valence-corrected chi connectivity index (χ0v) is 10.6. The number of carbonyl (C=O) groups is 1. The van der Waals surface area contributed by atoms with E-state index in [1.54, 1.807) is 12.3 Å². The van der Waals surface area contributed by atoms with Gasteiger partial charge in [-0.05, 0) is 6.07 Å². The number of rotatable bonds is 3. The molecule has 8 heteroatoms.